The Morgan fingerprint density at radius 1 is 1.55 bits per heavy atom. The van der Waals surface area contributed by atoms with Crippen LogP contribution in [0.5, 0.6) is 0 Å². The number of hydrogen-bond acceptors (Lipinski definition) is 1. The largest absolute Gasteiger partial charge is 0.392 e. The number of fused-ring (bicyclic) bond motifs is 1. The Kier molecular flexibility index (Phi) is 1.26. The lowest BCUT2D eigenvalue weighted by Gasteiger charge is -2.44. The van der Waals surface area contributed by atoms with Crippen LogP contribution in [0.4, 0.5) is 0 Å². The van der Waals surface area contributed by atoms with E-state index in [2.05, 4.69) is 26.8 Å². The molecule has 1 N–H and O–H groups in total. The Bertz CT molecular complexity index is 215. The number of allylic oxidation sites excluding steroid dienone is 1. The topological polar surface area (TPSA) is 20.2 Å². The molecule has 1 heteroatoms. The van der Waals surface area contributed by atoms with Gasteiger partial charge in [0.25, 0.3) is 0 Å². The van der Waals surface area contributed by atoms with Crippen LogP contribution >= 0.6 is 0 Å². The van der Waals surface area contributed by atoms with Crippen LogP contribution in [0.15, 0.2) is 11.6 Å². The average Bonchev–Trinajstić information content (AvgIpc) is 2.09. The number of aliphatic hydroxyl groups excluding tert-OH is 1. The third-order valence-corrected chi connectivity index (χ3v) is 3.79. The summed E-state index contributed by atoms with van der Waals surface area (Å²) in [4.78, 5) is 0. The average molecular weight is 152 g/mol. The summed E-state index contributed by atoms with van der Waals surface area (Å²) in [6.07, 6.45) is 3.22. The van der Waals surface area contributed by atoms with Crippen LogP contribution in [-0.4, -0.2) is 11.2 Å². The van der Waals surface area contributed by atoms with Crippen molar-refractivity contribution < 1.29 is 5.11 Å². The maximum Gasteiger partial charge on any atom is 0.0609 e. The van der Waals surface area contributed by atoms with Gasteiger partial charge in [0.1, 0.15) is 0 Å². The molecule has 1 nitrogen and oxygen atoms in total. The fourth-order valence-electron chi connectivity index (χ4n) is 2.45. The van der Waals surface area contributed by atoms with Gasteiger partial charge in [0.05, 0.1) is 6.10 Å². The fraction of sp³-hybridized carbons (Fsp3) is 0.800. The van der Waals surface area contributed by atoms with Gasteiger partial charge in [0.2, 0.25) is 0 Å². The molecule has 0 saturated heterocycles. The lowest BCUT2D eigenvalue weighted by Crippen LogP contribution is -2.43. The van der Waals surface area contributed by atoms with Crippen LogP contribution in [-0.2, 0) is 0 Å². The van der Waals surface area contributed by atoms with Gasteiger partial charge in [-0.25, -0.2) is 0 Å². The van der Waals surface area contributed by atoms with Crippen molar-refractivity contribution in [3.63, 3.8) is 0 Å². The first-order valence-corrected chi connectivity index (χ1v) is 4.40. The van der Waals surface area contributed by atoms with Gasteiger partial charge in [-0.15, -0.1) is 0 Å². The third kappa shape index (κ3) is 0.750. The van der Waals surface area contributed by atoms with E-state index < -0.39 is 0 Å². The summed E-state index contributed by atoms with van der Waals surface area (Å²) in [5, 5.41) is 9.42. The molecule has 1 saturated carbocycles. The molecule has 0 heterocycles. The standard InChI is InChI=1S/C10H16O/c1-6-4-7-8(5-9(7)11)10(6,2)3/h4,7-9,11H,5H2,1-3H3. The van der Waals surface area contributed by atoms with E-state index in [4.69, 9.17) is 0 Å². The van der Waals surface area contributed by atoms with Gasteiger partial charge in [-0.1, -0.05) is 25.5 Å². The molecule has 0 bridgehead atoms. The van der Waals surface area contributed by atoms with Crippen molar-refractivity contribution in [1.82, 2.24) is 0 Å². The van der Waals surface area contributed by atoms with Crippen LogP contribution in [0, 0.1) is 17.3 Å². The van der Waals surface area contributed by atoms with Crippen LogP contribution in [0.3, 0.4) is 0 Å². The quantitative estimate of drug-likeness (QED) is 0.526. The zero-order chi connectivity index (χ0) is 8.22. The molecular weight excluding hydrogens is 136 g/mol. The van der Waals surface area contributed by atoms with Crippen LogP contribution in [0.1, 0.15) is 27.2 Å². The van der Waals surface area contributed by atoms with E-state index in [1.54, 1.807) is 0 Å². The van der Waals surface area contributed by atoms with E-state index in [1.165, 1.54) is 5.57 Å². The van der Waals surface area contributed by atoms with Gasteiger partial charge in [0.15, 0.2) is 0 Å². The Labute approximate surface area is 68.1 Å². The van der Waals surface area contributed by atoms with Gasteiger partial charge >= 0.3 is 0 Å². The predicted molar refractivity (Wildman–Crippen MR) is 45.1 cm³/mol. The van der Waals surface area contributed by atoms with Gasteiger partial charge < -0.3 is 5.11 Å². The molecule has 1 fully saturated rings. The zero-order valence-electron chi connectivity index (χ0n) is 7.46. The second-order valence-corrected chi connectivity index (χ2v) is 4.56. The van der Waals surface area contributed by atoms with Gasteiger partial charge in [0, 0.05) is 5.92 Å². The van der Waals surface area contributed by atoms with Crippen LogP contribution in [0.25, 0.3) is 0 Å². The summed E-state index contributed by atoms with van der Waals surface area (Å²) in [5.41, 5.74) is 1.81. The van der Waals surface area contributed by atoms with Gasteiger partial charge in [-0.2, -0.15) is 0 Å². The molecule has 62 valence electrons. The van der Waals surface area contributed by atoms with Crippen molar-refractivity contribution >= 4 is 0 Å². The highest BCUT2D eigenvalue weighted by molar-refractivity contribution is 5.26. The summed E-state index contributed by atoms with van der Waals surface area (Å²) in [7, 11) is 0. The van der Waals surface area contributed by atoms with Gasteiger partial charge in [-0.3, -0.25) is 0 Å². The summed E-state index contributed by atoms with van der Waals surface area (Å²) in [5.74, 6) is 1.20. The molecule has 11 heavy (non-hydrogen) atoms. The molecule has 2 rings (SSSR count). The lowest BCUT2D eigenvalue weighted by molar-refractivity contribution is -0.0358. The molecule has 2 aliphatic rings. The van der Waals surface area contributed by atoms with Crippen molar-refractivity contribution in [3.8, 4) is 0 Å². The molecule has 0 aromatic heterocycles. The predicted octanol–water partition coefficient (Wildman–Crippen LogP) is 1.97. The van der Waals surface area contributed by atoms with E-state index >= 15 is 0 Å². The normalized spacial score (nSPS) is 46.2. The summed E-state index contributed by atoms with van der Waals surface area (Å²) < 4.78 is 0. The Morgan fingerprint density at radius 2 is 2.18 bits per heavy atom. The minimum atomic E-state index is -0.0447. The highest BCUT2D eigenvalue weighted by atomic mass is 16.3. The Morgan fingerprint density at radius 3 is 2.55 bits per heavy atom. The summed E-state index contributed by atoms with van der Waals surface area (Å²) >= 11 is 0. The molecular formula is C10H16O. The van der Waals surface area contributed by atoms with Gasteiger partial charge in [-0.05, 0) is 24.7 Å². The number of rotatable bonds is 0. The van der Waals surface area contributed by atoms with E-state index in [0.717, 1.165) is 12.3 Å². The van der Waals surface area contributed by atoms with E-state index in [1.807, 2.05) is 0 Å². The van der Waals surface area contributed by atoms with E-state index in [-0.39, 0.29) is 6.10 Å². The number of aliphatic hydroxyl groups is 1. The van der Waals surface area contributed by atoms with Crippen molar-refractivity contribution in [2.45, 2.75) is 33.3 Å². The second kappa shape index (κ2) is 1.89. The SMILES string of the molecule is CC1=CC2C(O)CC2C1(C)C. The van der Waals surface area contributed by atoms with Crippen molar-refractivity contribution in [2.24, 2.45) is 17.3 Å². The first-order valence-electron chi connectivity index (χ1n) is 4.40. The molecule has 2 aliphatic carbocycles. The maximum absolute atomic E-state index is 9.42. The molecule has 0 aliphatic heterocycles. The smallest absolute Gasteiger partial charge is 0.0609 e. The van der Waals surface area contributed by atoms with E-state index in [9.17, 15) is 5.11 Å². The molecule has 0 spiro atoms. The maximum atomic E-state index is 9.42. The lowest BCUT2D eigenvalue weighted by atomic mass is 9.63. The highest BCUT2D eigenvalue weighted by Crippen LogP contribution is 2.56. The first-order chi connectivity index (χ1) is 5.03. The Hall–Kier alpha value is -0.300. The minimum Gasteiger partial charge on any atom is -0.392 e. The summed E-state index contributed by atoms with van der Waals surface area (Å²) in [6, 6.07) is 0. The van der Waals surface area contributed by atoms with Crippen LogP contribution < -0.4 is 0 Å². The molecule has 3 unspecified atom stereocenters. The molecule has 0 aromatic rings. The number of hydrogen-bond donors (Lipinski definition) is 1. The molecule has 0 amide bonds. The zero-order valence-corrected chi connectivity index (χ0v) is 7.46. The first kappa shape index (κ1) is 7.35. The summed E-state index contributed by atoms with van der Waals surface area (Å²) in [6.45, 7) is 6.76. The van der Waals surface area contributed by atoms with Crippen molar-refractivity contribution in [1.29, 1.82) is 0 Å². The minimum absolute atomic E-state index is 0.0447. The van der Waals surface area contributed by atoms with Crippen molar-refractivity contribution in [2.75, 3.05) is 0 Å². The van der Waals surface area contributed by atoms with E-state index in [0.29, 0.717) is 11.3 Å². The molecule has 0 aromatic carbocycles. The fourth-order valence-corrected chi connectivity index (χ4v) is 2.45. The molecule has 0 radical (unpaired) electrons. The van der Waals surface area contributed by atoms with Crippen molar-refractivity contribution in [3.05, 3.63) is 11.6 Å². The van der Waals surface area contributed by atoms with Crippen LogP contribution in [0.2, 0.25) is 0 Å². The monoisotopic (exact) mass is 152 g/mol. The second-order valence-electron chi connectivity index (χ2n) is 4.56. The molecule has 3 atom stereocenters. The third-order valence-electron chi connectivity index (χ3n) is 3.79. The highest BCUT2D eigenvalue weighted by Gasteiger charge is 2.51. The Balaban J connectivity index is 2.26.